The van der Waals surface area contributed by atoms with E-state index in [0.29, 0.717) is 17.6 Å². The molecule has 0 bridgehead atoms. The number of fused-ring (bicyclic) bond motifs is 5. The van der Waals surface area contributed by atoms with Crippen LogP contribution < -0.4 is 0 Å². The molecule has 0 N–H and O–H groups in total. The summed E-state index contributed by atoms with van der Waals surface area (Å²) in [6, 6.07) is 34.6. The fraction of sp³-hybridized carbons (Fsp3) is 0.0345. The summed E-state index contributed by atoms with van der Waals surface area (Å²) in [6.07, 6.45) is 0. The van der Waals surface area contributed by atoms with Crippen LogP contribution in [-0.2, 0) is 0 Å². The highest BCUT2D eigenvalue weighted by Gasteiger charge is 2.20. The number of hydrogen-bond donors (Lipinski definition) is 0. The Hall–Kier alpha value is -4.84. The van der Waals surface area contributed by atoms with Gasteiger partial charge in [0.15, 0.2) is 11.6 Å². The molecule has 0 saturated carbocycles. The maximum absolute atomic E-state index is 4.99. The molecule has 7 aromatic rings. The van der Waals surface area contributed by atoms with E-state index in [2.05, 4.69) is 35.6 Å². The van der Waals surface area contributed by atoms with Gasteiger partial charge in [0.2, 0.25) is 11.7 Å². The molecule has 0 aliphatic rings. The maximum Gasteiger partial charge on any atom is 0.241 e. The Labute approximate surface area is 201 Å². The van der Waals surface area contributed by atoms with Gasteiger partial charge in [0, 0.05) is 11.1 Å². The first-order chi connectivity index (χ1) is 17.3. The zero-order valence-electron chi connectivity index (χ0n) is 19.0. The lowest BCUT2D eigenvalue weighted by Gasteiger charge is -2.09. The Bertz CT molecular complexity index is 1790. The van der Waals surface area contributed by atoms with E-state index in [9.17, 15) is 0 Å². The molecule has 166 valence electrons. The number of rotatable bonds is 3. The molecule has 3 heterocycles. The highest BCUT2D eigenvalue weighted by Crippen LogP contribution is 2.30. The molecule has 35 heavy (non-hydrogen) atoms. The molecule has 6 heteroatoms. The molecule has 0 aliphatic heterocycles. The summed E-state index contributed by atoms with van der Waals surface area (Å²) in [5.41, 5.74) is 7.10. The summed E-state index contributed by atoms with van der Waals surface area (Å²) in [4.78, 5) is 19.7. The van der Waals surface area contributed by atoms with Gasteiger partial charge in [-0.1, -0.05) is 78.9 Å². The van der Waals surface area contributed by atoms with E-state index in [1.165, 1.54) is 5.56 Å². The van der Waals surface area contributed by atoms with E-state index in [1.54, 1.807) is 0 Å². The third kappa shape index (κ3) is 3.11. The van der Waals surface area contributed by atoms with Crippen LogP contribution in [0.15, 0.2) is 103 Å². The van der Waals surface area contributed by atoms with Crippen molar-refractivity contribution in [2.45, 2.75) is 6.92 Å². The quantitative estimate of drug-likeness (QED) is 0.318. The Morgan fingerprint density at radius 2 is 1.17 bits per heavy atom. The maximum atomic E-state index is 4.99. The van der Waals surface area contributed by atoms with Crippen LogP contribution in [0, 0.1) is 6.92 Å². The molecule has 6 nitrogen and oxygen atoms in total. The second kappa shape index (κ2) is 7.60. The smallest absolute Gasteiger partial charge is 0.241 e. The molecule has 3 aromatic heterocycles. The number of para-hydroxylation sites is 2. The van der Waals surface area contributed by atoms with E-state index in [-0.39, 0.29) is 0 Å². The van der Waals surface area contributed by atoms with Crippen LogP contribution in [0.5, 0.6) is 0 Å². The minimum Gasteiger partial charge on any atom is -0.276 e. The van der Waals surface area contributed by atoms with Gasteiger partial charge in [-0.3, -0.25) is 4.40 Å². The number of benzene rings is 4. The predicted molar refractivity (Wildman–Crippen MR) is 139 cm³/mol. The van der Waals surface area contributed by atoms with E-state index >= 15 is 0 Å². The number of aryl methyl sites for hydroxylation is 1. The second-order valence-corrected chi connectivity index (χ2v) is 8.58. The lowest BCUT2D eigenvalue weighted by atomic mass is 10.2. The van der Waals surface area contributed by atoms with Crippen LogP contribution in [0.3, 0.4) is 0 Å². The Morgan fingerprint density at radius 3 is 1.86 bits per heavy atom. The summed E-state index contributed by atoms with van der Waals surface area (Å²) in [5.74, 6) is 2.56. The fourth-order valence-electron chi connectivity index (χ4n) is 4.60. The molecule has 0 fully saturated rings. The van der Waals surface area contributed by atoms with Crippen LogP contribution in [0.25, 0.3) is 56.6 Å². The predicted octanol–water partition coefficient (Wildman–Crippen LogP) is 6.26. The zero-order valence-corrected chi connectivity index (χ0v) is 19.0. The van der Waals surface area contributed by atoms with E-state index in [4.69, 9.17) is 19.9 Å². The first-order valence-corrected chi connectivity index (χ1v) is 11.5. The topological polar surface area (TPSA) is 60.9 Å². The van der Waals surface area contributed by atoms with Gasteiger partial charge in [-0.2, -0.15) is 9.97 Å². The molecule has 0 atom stereocenters. The van der Waals surface area contributed by atoms with Crippen molar-refractivity contribution in [3.8, 4) is 28.7 Å². The van der Waals surface area contributed by atoms with Crippen LogP contribution in [0.2, 0.25) is 0 Å². The molecule has 7 rings (SSSR count). The largest absolute Gasteiger partial charge is 0.276 e. The molecular weight excluding hydrogens is 432 g/mol. The minimum atomic E-state index is 0.539. The average molecular weight is 453 g/mol. The van der Waals surface area contributed by atoms with Gasteiger partial charge in [0.05, 0.1) is 22.1 Å². The second-order valence-electron chi connectivity index (χ2n) is 8.58. The molecule has 0 unspecified atom stereocenters. The zero-order chi connectivity index (χ0) is 23.4. The first-order valence-electron chi connectivity index (χ1n) is 11.5. The molecule has 0 amide bonds. The number of aromatic nitrogens is 6. The number of hydrogen-bond acceptors (Lipinski definition) is 4. The summed E-state index contributed by atoms with van der Waals surface area (Å²) in [6.45, 7) is 2.10. The summed E-state index contributed by atoms with van der Waals surface area (Å²) < 4.78 is 4.22. The minimum absolute atomic E-state index is 0.539. The van der Waals surface area contributed by atoms with Gasteiger partial charge in [-0.15, -0.1) is 0 Å². The first kappa shape index (κ1) is 19.6. The third-order valence-electron chi connectivity index (χ3n) is 6.24. The van der Waals surface area contributed by atoms with Crippen molar-refractivity contribution in [1.82, 2.24) is 28.9 Å². The van der Waals surface area contributed by atoms with Crippen LogP contribution in [0.1, 0.15) is 5.56 Å². The van der Waals surface area contributed by atoms with Crippen molar-refractivity contribution in [1.29, 1.82) is 0 Å². The monoisotopic (exact) mass is 452 g/mol. The summed E-state index contributed by atoms with van der Waals surface area (Å²) in [5, 5.41) is 0. The van der Waals surface area contributed by atoms with Crippen molar-refractivity contribution in [2.75, 3.05) is 0 Å². The van der Waals surface area contributed by atoms with Crippen LogP contribution in [0.4, 0.5) is 0 Å². The van der Waals surface area contributed by atoms with Gasteiger partial charge in [-0.05, 0) is 36.8 Å². The van der Waals surface area contributed by atoms with Gasteiger partial charge >= 0.3 is 0 Å². The number of nitrogens with zero attached hydrogens (tertiary/aromatic N) is 6. The van der Waals surface area contributed by atoms with E-state index in [1.807, 2.05) is 83.4 Å². The van der Waals surface area contributed by atoms with Crippen LogP contribution in [-0.4, -0.2) is 28.9 Å². The van der Waals surface area contributed by atoms with Gasteiger partial charge in [0.25, 0.3) is 0 Å². The average Bonchev–Trinajstić information content (AvgIpc) is 3.44. The Balaban J connectivity index is 1.60. The van der Waals surface area contributed by atoms with Crippen molar-refractivity contribution in [3.05, 3.63) is 109 Å². The van der Waals surface area contributed by atoms with Crippen molar-refractivity contribution in [3.63, 3.8) is 0 Å². The molecular formula is C29H20N6. The number of imidazole rings is 2. The fourth-order valence-corrected chi connectivity index (χ4v) is 4.60. The molecule has 0 radical (unpaired) electrons. The third-order valence-corrected chi connectivity index (χ3v) is 6.24. The standard InChI is InChI=1S/C29H20N6/c1-19-16-17-24-25(18-19)34-23-15-9-8-14-22(23)30-29(34)35(24)28-32-26(20-10-4-2-5-11-20)31-27(33-28)21-12-6-3-7-13-21/h2-18H,1H3. The normalized spacial score (nSPS) is 11.6. The van der Waals surface area contributed by atoms with Crippen molar-refractivity contribution < 1.29 is 0 Å². The summed E-state index contributed by atoms with van der Waals surface area (Å²) in [7, 11) is 0. The Morgan fingerprint density at radius 1 is 0.543 bits per heavy atom. The van der Waals surface area contributed by atoms with Gasteiger partial charge in [0.1, 0.15) is 0 Å². The van der Waals surface area contributed by atoms with Crippen LogP contribution >= 0.6 is 0 Å². The Kier molecular flexibility index (Phi) is 4.26. The van der Waals surface area contributed by atoms with Gasteiger partial charge in [-0.25, -0.2) is 14.5 Å². The molecule has 0 spiro atoms. The van der Waals surface area contributed by atoms with Crippen molar-refractivity contribution in [2.24, 2.45) is 0 Å². The van der Waals surface area contributed by atoms with E-state index < -0.39 is 0 Å². The SMILES string of the molecule is Cc1ccc2c(c1)n1c3ccccc3nc1n2-c1nc(-c2ccccc2)nc(-c2ccccc2)n1. The molecule has 4 aromatic carbocycles. The highest BCUT2D eigenvalue weighted by atomic mass is 15.3. The lowest BCUT2D eigenvalue weighted by molar-refractivity contribution is 0.937. The summed E-state index contributed by atoms with van der Waals surface area (Å²) >= 11 is 0. The highest BCUT2D eigenvalue weighted by molar-refractivity contribution is 5.92. The van der Waals surface area contributed by atoms with Gasteiger partial charge < -0.3 is 0 Å². The van der Waals surface area contributed by atoms with E-state index in [0.717, 1.165) is 39.0 Å². The lowest BCUT2D eigenvalue weighted by Crippen LogP contribution is -2.06. The van der Waals surface area contributed by atoms with Crippen molar-refractivity contribution >= 4 is 27.8 Å². The molecule has 0 saturated heterocycles. The molecule has 0 aliphatic carbocycles.